The van der Waals surface area contributed by atoms with Gasteiger partial charge in [0.05, 0.1) is 6.04 Å². The number of nitrogens with zero attached hydrogens (tertiary/aromatic N) is 1. The van der Waals surface area contributed by atoms with E-state index in [2.05, 4.69) is 0 Å². The minimum Gasteiger partial charge on any atom is -0.508 e. The van der Waals surface area contributed by atoms with Gasteiger partial charge < -0.3 is 15.6 Å². The lowest BCUT2D eigenvalue weighted by molar-refractivity contribution is 0.0148. The molecule has 0 bridgehead atoms. The van der Waals surface area contributed by atoms with Gasteiger partial charge in [-0.2, -0.15) is 0 Å². The Labute approximate surface area is 119 Å². The summed E-state index contributed by atoms with van der Waals surface area (Å²) in [7, 11) is 0. The maximum atomic E-state index is 12.3. The molecule has 0 unspecified atom stereocenters. The van der Waals surface area contributed by atoms with Gasteiger partial charge in [0.1, 0.15) is 11.4 Å². The largest absolute Gasteiger partial charge is 0.508 e. The summed E-state index contributed by atoms with van der Waals surface area (Å²) in [6.07, 6.45) is 0.307. The number of aromatic hydroxyl groups is 1. The highest BCUT2D eigenvalue weighted by Crippen LogP contribution is 2.36. The fourth-order valence-electron chi connectivity index (χ4n) is 2.54. The number of benzene rings is 1. The van der Waals surface area contributed by atoms with E-state index in [0.29, 0.717) is 13.0 Å². The normalized spacial score (nSPS) is 18.6. The summed E-state index contributed by atoms with van der Waals surface area (Å²) in [6, 6.07) is 5.06. The molecular weight excluding hydrogens is 256 g/mol. The van der Waals surface area contributed by atoms with Crippen LogP contribution in [0.4, 0.5) is 4.79 Å². The molecule has 0 saturated heterocycles. The number of carbonyl (C=O) groups is 1. The second-order valence-corrected chi connectivity index (χ2v) is 6.03. The number of amides is 1. The lowest BCUT2D eigenvalue weighted by Gasteiger charge is -2.37. The van der Waals surface area contributed by atoms with Crippen LogP contribution in [0, 0.1) is 0 Å². The Hall–Kier alpha value is -1.75. The van der Waals surface area contributed by atoms with Gasteiger partial charge in [0.15, 0.2) is 0 Å². The van der Waals surface area contributed by atoms with Crippen LogP contribution in [0.2, 0.25) is 0 Å². The zero-order chi connectivity index (χ0) is 14.9. The maximum Gasteiger partial charge on any atom is 0.410 e. The van der Waals surface area contributed by atoms with Crippen LogP contribution in [-0.2, 0) is 11.2 Å². The fraction of sp³-hybridized carbons (Fsp3) is 0.533. The fourth-order valence-corrected chi connectivity index (χ4v) is 2.54. The highest BCUT2D eigenvalue weighted by Gasteiger charge is 2.34. The molecule has 1 aliphatic rings. The third-order valence-electron chi connectivity index (χ3n) is 3.36. The predicted octanol–water partition coefficient (Wildman–Crippen LogP) is 2.19. The summed E-state index contributed by atoms with van der Waals surface area (Å²) in [5.41, 5.74) is 7.06. The summed E-state index contributed by atoms with van der Waals surface area (Å²) in [5.74, 6) is 0.186. The van der Waals surface area contributed by atoms with Crippen molar-refractivity contribution in [3.63, 3.8) is 0 Å². The van der Waals surface area contributed by atoms with Crippen LogP contribution in [0.5, 0.6) is 5.75 Å². The first kappa shape index (κ1) is 14.7. The molecule has 0 spiro atoms. The van der Waals surface area contributed by atoms with Crippen molar-refractivity contribution < 1.29 is 14.6 Å². The van der Waals surface area contributed by atoms with E-state index >= 15 is 0 Å². The molecule has 20 heavy (non-hydrogen) atoms. The predicted molar refractivity (Wildman–Crippen MR) is 76.5 cm³/mol. The number of phenols is 1. The molecule has 0 saturated carbocycles. The molecule has 5 nitrogen and oxygen atoms in total. The zero-order valence-electron chi connectivity index (χ0n) is 12.2. The molecule has 1 atom stereocenters. The summed E-state index contributed by atoms with van der Waals surface area (Å²) in [4.78, 5) is 13.9. The van der Waals surface area contributed by atoms with Crippen LogP contribution in [-0.4, -0.2) is 34.8 Å². The minimum atomic E-state index is -0.546. The standard InChI is InChI=1S/C15H22N2O3/c1-15(2,3)20-14(19)17-8-7-10-5-4-6-12(18)13(10)11(17)9-16/h4-6,11,18H,7-9,16H2,1-3H3/t11-/m1/s1. The molecule has 0 radical (unpaired) electrons. The Bertz CT molecular complexity index is 508. The van der Waals surface area contributed by atoms with Gasteiger partial charge in [-0.3, -0.25) is 4.90 Å². The van der Waals surface area contributed by atoms with Crippen LogP contribution >= 0.6 is 0 Å². The molecule has 110 valence electrons. The highest BCUT2D eigenvalue weighted by atomic mass is 16.6. The van der Waals surface area contributed by atoms with Crippen LogP contribution in [0.25, 0.3) is 0 Å². The number of hydrogen-bond donors (Lipinski definition) is 2. The minimum absolute atomic E-state index is 0.186. The first-order chi connectivity index (χ1) is 9.33. The molecule has 3 N–H and O–H groups in total. The van der Waals surface area contributed by atoms with Crippen molar-refractivity contribution in [1.29, 1.82) is 0 Å². The molecule has 1 aromatic carbocycles. The summed E-state index contributed by atoms with van der Waals surface area (Å²) >= 11 is 0. The first-order valence-corrected chi connectivity index (χ1v) is 6.84. The number of carbonyl (C=O) groups excluding carboxylic acids is 1. The van der Waals surface area contributed by atoms with Gasteiger partial charge in [0.2, 0.25) is 0 Å². The van der Waals surface area contributed by atoms with Gasteiger partial charge in [0.25, 0.3) is 0 Å². The van der Waals surface area contributed by atoms with E-state index in [-0.39, 0.29) is 24.4 Å². The van der Waals surface area contributed by atoms with Gasteiger partial charge in [-0.05, 0) is 38.8 Å². The lowest BCUT2D eigenvalue weighted by Crippen LogP contribution is -2.45. The van der Waals surface area contributed by atoms with E-state index in [1.807, 2.05) is 32.9 Å². The monoisotopic (exact) mass is 278 g/mol. The first-order valence-electron chi connectivity index (χ1n) is 6.84. The number of rotatable bonds is 1. The molecule has 1 aromatic rings. The summed E-state index contributed by atoms with van der Waals surface area (Å²) in [5, 5.41) is 10.1. The number of ether oxygens (including phenoxy) is 1. The van der Waals surface area contributed by atoms with E-state index in [9.17, 15) is 9.90 Å². The summed E-state index contributed by atoms with van der Waals surface area (Å²) in [6.45, 7) is 6.30. The summed E-state index contributed by atoms with van der Waals surface area (Å²) < 4.78 is 5.41. The van der Waals surface area contributed by atoms with Crippen LogP contribution < -0.4 is 5.73 Å². The Morgan fingerprint density at radius 2 is 2.20 bits per heavy atom. The maximum absolute atomic E-state index is 12.3. The van der Waals surface area contributed by atoms with Crippen molar-refractivity contribution in [2.45, 2.75) is 38.8 Å². The number of nitrogens with two attached hydrogens (primary N) is 1. The number of hydrogen-bond acceptors (Lipinski definition) is 4. The SMILES string of the molecule is CC(C)(C)OC(=O)N1CCc2cccc(O)c2[C@H]1CN. The Balaban J connectivity index is 2.30. The molecule has 1 heterocycles. The van der Waals surface area contributed by atoms with E-state index < -0.39 is 5.60 Å². The van der Waals surface area contributed by atoms with Gasteiger partial charge >= 0.3 is 6.09 Å². The Kier molecular flexibility index (Phi) is 3.90. The quantitative estimate of drug-likeness (QED) is 0.825. The van der Waals surface area contributed by atoms with E-state index in [1.165, 1.54) is 0 Å². The van der Waals surface area contributed by atoms with Crippen molar-refractivity contribution in [3.8, 4) is 5.75 Å². The smallest absolute Gasteiger partial charge is 0.410 e. The lowest BCUT2D eigenvalue weighted by atomic mass is 9.92. The average molecular weight is 278 g/mol. The molecule has 0 fully saturated rings. The molecule has 2 rings (SSSR count). The molecule has 1 aliphatic heterocycles. The zero-order valence-corrected chi connectivity index (χ0v) is 12.2. The Morgan fingerprint density at radius 1 is 1.50 bits per heavy atom. The van der Waals surface area contributed by atoms with Gasteiger partial charge in [-0.1, -0.05) is 12.1 Å². The van der Waals surface area contributed by atoms with E-state index in [0.717, 1.165) is 11.1 Å². The van der Waals surface area contributed by atoms with Crippen molar-refractivity contribution in [2.24, 2.45) is 5.73 Å². The van der Waals surface area contributed by atoms with Crippen LogP contribution in [0.1, 0.15) is 37.9 Å². The molecule has 5 heteroatoms. The molecule has 0 aliphatic carbocycles. The number of fused-ring (bicyclic) bond motifs is 1. The molecular formula is C15H22N2O3. The number of phenolic OH excluding ortho intramolecular Hbond substituents is 1. The van der Waals surface area contributed by atoms with E-state index in [1.54, 1.807) is 11.0 Å². The van der Waals surface area contributed by atoms with Crippen LogP contribution in [0.15, 0.2) is 18.2 Å². The van der Waals surface area contributed by atoms with Crippen LogP contribution in [0.3, 0.4) is 0 Å². The van der Waals surface area contributed by atoms with Crippen molar-refractivity contribution in [1.82, 2.24) is 4.90 Å². The van der Waals surface area contributed by atoms with Gasteiger partial charge in [-0.25, -0.2) is 4.79 Å². The molecule has 0 aromatic heterocycles. The van der Waals surface area contributed by atoms with Gasteiger partial charge in [0, 0.05) is 18.7 Å². The third kappa shape index (κ3) is 2.88. The Morgan fingerprint density at radius 3 is 2.80 bits per heavy atom. The topological polar surface area (TPSA) is 75.8 Å². The van der Waals surface area contributed by atoms with Gasteiger partial charge in [-0.15, -0.1) is 0 Å². The molecule has 1 amide bonds. The average Bonchev–Trinajstić information content (AvgIpc) is 2.35. The van der Waals surface area contributed by atoms with Crippen molar-refractivity contribution >= 4 is 6.09 Å². The second-order valence-electron chi connectivity index (χ2n) is 6.03. The van der Waals surface area contributed by atoms with Crippen molar-refractivity contribution in [3.05, 3.63) is 29.3 Å². The van der Waals surface area contributed by atoms with Crippen molar-refractivity contribution in [2.75, 3.05) is 13.1 Å². The third-order valence-corrected chi connectivity index (χ3v) is 3.36. The highest BCUT2D eigenvalue weighted by molar-refractivity contribution is 5.70. The van der Waals surface area contributed by atoms with E-state index in [4.69, 9.17) is 10.5 Å². The second kappa shape index (κ2) is 5.32.